The summed E-state index contributed by atoms with van der Waals surface area (Å²) in [7, 11) is 5.09. The second-order valence-electron chi connectivity index (χ2n) is 5.98. The number of methoxy groups -OCH3 is 2. The van der Waals surface area contributed by atoms with Gasteiger partial charge in [0.05, 0.1) is 31.8 Å². The highest BCUT2D eigenvalue weighted by atomic mass is 35.5. The molecule has 8 heteroatoms. The molecule has 3 N–H and O–H groups in total. The summed E-state index contributed by atoms with van der Waals surface area (Å²) in [4.78, 5) is 8.78. The van der Waals surface area contributed by atoms with Crippen LogP contribution in [0.25, 0.3) is 0 Å². The van der Waals surface area contributed by atoms with Crippen molar-refractivity contribution in [2.75, 3.05) is 37.2 Å². The number of nitrogens with zero attached hydrogens (tertiary/aromatic N) is 2. The molecule has 2 aromatic carbocycles. The normalized spacial score (nSPS) is 10.3. The van der Waals surface area contributed by atoms with Crippen molar-refractivity contribution in [1.29, 1.82) is 0 Å². The van der Waals surface area contributed by atoms with E-state index in [0.29, 0.717) is 16.8 Å². The number of halogens is 1. The highest BCUT2D eigenvalue weighted by Crippen LogP contribution is 2.32. The summed E-state index contributed by atoms with van der Waals surface area (Å²) in [6, 6.07) is 11.4. The van der Waals surface area contributed by atoms with Crippen LogP contribution in [0.15, 0.2) is 42.6 Å². The Morgan fingerprint density at radius 1 is 0.893 bits per heavy atom. The van der Waals surface area contributed by atoms with Crippen LogP contribution < -0.4 is 25.4 Å². The predicted octanol–water partition coefficient (Wildman–Crippen LogP) is 4.98. The van der Waals surface area contributed by atoms with Gasteiger partial charge in [-0.25, -0.2) is 4.98 Å². The Bertz CT molecular complexity index is 981. The Morgan fingerprint density at radius 2 is 1.57 bits per heavy atom. The van der Waals surface area contributed by atoms with Gasteiger partial charge in [0.1, 0.15) is 16.5 Å². The van der Waals surface area contributed by atoms with Crippen LogP contribution in [0.5, 0.6) is 11.5 Å². The fourth-order valence-corrected chi connectivity index (χ4v) is 2.73. The number of aryl methyl sites for hydroxylation is 1. The fraction of sp³-hybridized carbons (Fsp3) is 0.200. The first kappa shape index (κ1) is 19.6. The van der Waals surface area contributed by atoms with Crippen molar-refractivity contribution in [3.63, 3.8) is 0 Å². The lowest BCUT2D eigenvalue weighted by Gasteiger charge is -2.15. The summed E-state index contributed by atoms with van der Waals surface area (Å²) in [5.74, 6) is 2.40. The Kier molecular flexibility index (Phi) is 6.06. The maximum atomic E-state index is 6.30. The quantitative estimate of drug-likeness (QED) is 0.516. The number of ether oxygens (including phenoxy) is 2. The van der Waals surface area contributed by atoms with Crippen molar-refractivity contribution < 1.29 is 9.47 Å². The lowest BCUT2D eigenvalue weighted by Crippen LogP contribution is -2.04. The molecule has 0 radical (unpaired) electrons. The lowest BCUT2D eigenvalue weighted by atomic mass is 10.2. The zero-order valence-electron chi connectivity index (χ0n) is 16.1. The van der Waals surface area contributed by atoms with Gasteiger partial charge in [0.2, 0.25) is 5.95 Å². The molecule has 28 heavy (non-hydrogen) atoms. The van der Waals surface area contributed by atoms with Crippen molar-refractivity contribution >= 4 is 40.4 Å². The first-order valence-corrected chi connectivity index (χ1v) is 8.99. The van der Waals surface area contributed by atoms with Gasteiger partial charge in [-0.05, 0) is 30.7 Å². The van der Waals surface area contributed by atoms with Crippen LogP contribution in [0.2, 0.25) is 5.02 Å². The Hall–Kier alpha value is -3.19. The van der Waals surface area contributed by atoms with Crippen LogP contribution >= 0.6 is 11.6 Å². The molecule has 1 heterocycles. The third-order valence-electron chi connectivity index (χ3n) is 4.18. The average molecular weight is 400 g/mol. The van der Waals surface area contributed by atoms with Gasteiger partial charge in [0.15, 0.2) is 5.82 Å². The molecule has 0 saturated heterocycles. The van der Waals surface area contributed by atoms with Crippen molar-refractivity contribution in [3.05, 3.63) is 53.2 Å². The van der Waals surface area contributed by atoms with Gasteiger partial charge in [-0.3, -0.25) is 0 Å². The van der Waals surface area contributed by atoms with Crippen LogP contribution in [-0.4, -0.2) is 31.2 Å². The van der Waals surface area contributed by atoms with Crippen molar-refractivity contribution in [3.8, 4) is 11.5 Å². The third kappa shape index (κ3) is 4.37. The monoisotopic (exact) mass is 399 g/mol. The van der Waals surface area contributed by atoms with Gasteiger partial charge in [0.25, 0.3) is 0 Å². The molecule has 0 amide bonds. The van der Waals surface area contributed by atoms with Crippen LogP contribution in [0.3, 0.4) is 0 Å². The average Bonchev–Trinajstić information content (AvgIpc) is 2.72. The minimum absolute atomic E-state index is 0.408. The minimum Gasteiger partial charge on any atom is -0.497 e. The molecule has 0 aliphatic carbocycles. The highest BCUT2D eigenvalue weighted by molar-refractivity contribution is 6.33. The van der Waals surface area contributed by atoms with E-state index in [1.807, 2.05) is 50.4 Å². The Morgan fingerprint density at radius 3 is 2.25 bits per heavy atom. The maximum Gasteiger partial charge on any atom is 0.229 e. The molecular formula is C20H22ClN5O2. The Balaban J connectivity index is 1.88. The van der Waals surface area contributed by atoms with Gasteiger partial charge in [-0.2, -0.15) is 4.98 Å². The lowest BCUT2D eigenvalue weighted by molar-refractivity contribution is 0.415. The van der Waals surface area contributed by atoms with Crippen LogP contribution in [-0.2, 0) is 0 Å². The number of benzene rings is 2. The first-order valence-electron chi connectivity index (χ1n) is 8.61. The smallest absolute Gasteiger partial charge is 0.229 e. The molecule has 3 aromatic rings. The minimum atomic E-state index is 0.408. The molecule has 1 aromatic heterocycles. The predicted molar refractivity (Wildman–Crippen MR) is 114 cm³/mol. The standard InChI is InChI=1S/C20H22ClN5O2/c1-12-5-6-13(27-3)9-17(12)25-20-23-11-15(21)19(26-20)24-16-8-7-14(28-4)10-18(16)22-2/h5-11,22H,1-4H3,(H2,23,24,25,26). The molecule has 0 atom stereocenters. The molecule has 0 unspecified atom stereocenters. The molecule has 7 nitrogen and oxygen atoms in total. The number of rotatable bonds is 7. The van der Waals surface area contributed by atoms with E-state index in [4.69, 9.17) is 21.1 Å². The first-order chi connectivity index (χ1) is 13.5. The number of aromatic nitrogens is 2. The summed E-state index contributed by atoms with van der Waals surface area (Å²) in [5.41, 5.74) is 3.56. The molecule has 0 bridgehead atoms. The molecular weight excluding hydrogens is 378 g/mol. The second kappa shape index (κ2) is 8.67. The summed E-state index contributed by atoms with van der Waals surface area (Å²) in [5, 5.41) is 9.99. The van der Waals surface area contributed by atoms with E-state index in [1.165, 1.54) is 0 Å². The van der Waals surface area contributed by atoms with Gasteiger partial charge in [-0.1, -0.05) is 17.7 Å². The van der Waals surface area contributed by atoms with Crippen LogP contribution in [0.4, 0.5) is 28.8 Å². The van der Waals surface area contributed by atoms with E-state index < -0.39 is 0 Å². The number of hydrogen-bond acceptors (Lipinski definition) is 7. The second-order valence-corrected chi connectivity index (χ2v) is 6.39. The summed E-state index contributed by atoms with van der Waals surface area (Å²) in [6.45, 7) is 1.99. The molecule has 0 fully saturated rings. The molecule has 0 saturated carbocycles. The van der Waals surface area contributed by atoms with E-state index in [1.54, 1.807) is 20.4 Å². The zero-order valence-corrected chi connectivity index (χ0v) is 16.9. The van der Waals surface area contributed by atoms with Crippen LogP contribution in [0, 0.1) is 6.92 Å². The van der Waals surface area contributed by atoms with Crippen LogP contribution in [0.1, 0.15) is 5.56 Å². The van der Waals surface area contributed by atoms with Gasteiger partial charge in [-0.15, -0.1) is 0 Å². The van der Waals surface area contributed by atoms with Crippen molar-refractivity contribution in [2.45, 2.75) is 6.92 Å². The summed E-state index contributed by atoms with van der Waals surface area (Å²) in [6.07, 6.45) is 1.55. The zero-order chi connectivity index (χ0) is 20.1. The van der Waals surface area contributed by atoms with E-state index in [0.717, 1.165) is 34.1 Å². The molecule has 0 aliphatic rings. The molecule has 3 rings (SSSR count). The number of nitrogens with one attached hydrogen (secondary N) is 3. The highest BCUT2D eigenvalue weighted by Gasteiger charge is 2.11. The summed E-state index contributed by atoms with van der Waals surface area (Å²) >= 11 is 6.30. The number of hydrogen-bond donors (Lipinski definition) is 3. The Labute approximate surface area is 169 Å². The topological polar surface area (TPSA) is 80.3 Å². The fourth-order valence-electron chi connectivity index (χ4n) is 2.59. The SMILES string of the molecule is CNc1cc(OC)ccc1Nc1nc(Nc2cc(OC)ccc2C)ncc1Cl. The van der Waals surface area contributed by atoms with Gasteiger partial charge >= 0.3 is 0 Å². The van der Waals surface area contributed by atoms with Crippen molar-refractivity contribution in [2.24, 2.45) is 0 Å². The summed E-state index contributed by atoms with van der Waals surface area (Å²) < 4.78 is 10.5. The molecule has 146 valence electrons. The van der Waals surface area contributed by atoms with Gasteiger partial charge < -0.3 is 25.4 Å². The maximum absolute atomic E-state index is 6.30. The van der Waals surface area contributed by atoms with E-state index in [2.05, 4.69) is 25.9 Å². The van der Waals surface area contributed by atoms with Gasteiger partial charge in [0, 0.05) is 24.9 Å². The molecule has 0 spiro atoms. The van der Waals surface area contributed by atoms with E-state index in [-0.39, 0.29) is 0 Å². The van der Waals surface area contributed by atoms with E-state index in [9.17, 15) is 0 Å². The molecule has 0 aliphatic heterocycles. The number of anilines is 5. The van der Waals surface area contributed by atoms with E-state index >= 15 is 0 Å². The van der Waals surface area contributed by atoms with Crippen molar-refractivity contribution in [1.82, 2.24) is 9.97 Å². The third-order valence-corrected chi connectivity index (χ3v) is 4.46. The largest absolute Gasteiger partial charge is 0.497 e.